The van der Waals surface area contributed by atoms with Gasteiger partial charge in [-0.05, 0) is 54.8 Å². The van der Waals surface area contributed by atoms with Crippen LogP contribution in [0.2, 0.25) is 0 Å². The Balaban J connectivity index is 1.59. The van der Waals surface area contributed by atoms with Gasteiger partial charge in [-0.25, -0.2) is 0 Å². The highest BCUT2D eigenvalue weighted by Crippen LogP contribution is 2.31. The third kappa shape index (κ3) is 3.85. The number of nitrogens with one attached hydrogen (secondary N) is 1. The number of pyridine rings is 1. The summed E-state index contributed by atoms with van der Waals surface area (Å²) in [4.78, 5) is 19.3. The molecule has 29 heavy (non-hydrogen) atoms. The first-order valence-corrected chi connectivity index (χ1v) is 9.68. The van der Waals surface area contributed by atoms with Crippen LogP contribution in [0.25, 0.3) is 10.9 Å². The quantitative estimate of drug-likeness (QED) is 0.720. The van der Waals surface area contributed by atoms with E-state index >= 15 is 0 Å². The number of fused-ring (bicyclic) bond motifs is 1. The minimum atomic E-state index is -0.189. The van der Waals surface area contributed by atoms with E-state index in [0.717, 1.165) is 24.0 Å². The van der Waals surface area contributed by atoms with Crippen molar-refractivity contribution in [3.05, 3.63) is 65.9 Å². The van der Waals surface area contributed by atoms with Crippen LogP contribution in [0.5, 0.6) is 5.75 Å². The van der Waals surface area contributed by atoms with E-state index < -0.39 is 0 Å². The molecule has 1 saturated heterocycles. The van der Waals surface area contributed by atoms with Crippen molar-refractivity contribution in [1.82, 2.24) is 10.3 Å². The first-order valence-electron chi connectivity index (χ1n) is 9.68. The number of carbonyl (C=O) groups is 1. The Labute approximate surface area is 169 Å². The van der Waals surface area contributed by atoms with Crippen molar-refractivity contribution < 1.29 is 9.90 Å². The second-order valence-corrected chi connectivity index (χ2v) is 7.61. The molecule has 146 valence electrons. The van der Waals surface area contributed by atoms with Gasteiger partial charge in [0.1, 0.15) is 11.8 Å². The van der Waals surface area contributed by atoms with Gasteiger partial charge in [0, 0.05) is 42.0 Å². The number of benzene rings is 2. The molecule has 2 atom stereocenters. The third-order valence-electron chi connectivity index (χ3n) is 5.31. The predicted molar refractivity (Wildman–Crippen MR) is 112 cm³/mol. The number of phenols is 1. The molecule has 3 aromatic rings. The summed E-state index contributed by atoms with van der Waals surface area (Å²) in [5.74, 6) is 0.278. The summed E-state index contributed by atoms with van der Waals surface area (Å²) in [7, 11) is 0. The van der Waals surface area contributed by atoms with Crippen LogP contribution in [0, 0.1) is 17.2 Å². The smallest absolute Gasteiger partial charge is 0.251 e. The standard InChI is InChI=1S/C23H22N4O2/c1-15-10-18(26-23(29)16-4-2-5-19(28)11-16)14-27(13-15)21-8-7-17(12-24)22-20(21)6-3-9-25-22/h2-9,11,15,18,28H,10,13-14H2,1H3,(H,26,29)/t15-,18+/m0/s1. The van der Waals surface area contributed by atoms with Crippen LogP contribution in [-0.2, 0) is 0 Å². The van der Waals surface area contributed by atoms with Crippen molar-refractivity contribution in [2.45, 2.75) is 19.4 Å². The molecule has 4 rings (SSSR count). The molecule has 1 aliphatic heterocycles. The van der Waals surface area contributed by atoms with Crippen molar-refractivity contribution >= 4 is 22.5 Å². The molecule has 6 heteroatoms. The van der Waals surface area contributed by atoms with Crippen LogP contribution < -0.4 is 10.2 Å². The summed E-state index contributed by atoms with van der Waals surface area (Å²) in [6.45, 7) is 3.71. The Kier molecular flexibility index (Phi) is 5.05. The van der Waals surface area contributed by atoms with Crippen LogP contribution in [0.3, 0.4) is 0 Å². The number of aromatic hydroxyl groups is 1. The van der Waals surface area contributed by atoms with Gasteiger partial charge in [-0.3, -0.25) is 9.78 Å². The molecule has 6 nitrogen and oxygen atoms in total. The molecule has 2 aromatic carbocycles. The van der Waals surface area contributed by atoms with Gasteiger partial charge in [0.2, 0.25) is 0 Å². The average Bonchev–Trinajstić information content (AvgIpc) is 2.72. The van der Waals surface area contributed by atoms with Crippen LogP contribution in [0.15, 0.2) is 54.7 Å². The number of carbonyl (C=O) groups excluding carboxylic acids is 1. The first kappa shape index (κ1) is 18.8. The maximum absolute atomic E-state index is 12.6. The monoisotopic (exact) mass is 386 g/mol. The number of hydrogen-bond acceptors (Lipinski definition) is 5. The Bertz CT molecular complexity index is 1110. The van der Waals surface area contributed by atoms with Gasteiger partial charge < -0.3 is 15.3 Å². The number of phenolic OH excluding ortho intramolecular Hbond substituents is 1. The van der Waals surface area contributed by atoms with Crippen molar-refractivity contribution in [1.29, 1.82) is 5.26 Å². The Morgan fingerprint density at radius 2 is 2.10 bits per heavy atom. The summed E-state index contributed by atoms with van der Waals surface area (Å²) < 4.78 is 0. The highest BCUT2D eigenvalue weighted by molar-refractivity contribution is 5.96. The maximum atomic E-state index is 12.6. The number of piperidine rings is 1. The SMILES string of the molecule is C[C@H]1C[C@@H](NC(=O)c2cccc(O)c2)CN(c2ccc(C#N)c3ncccc23)C1. The van der Waals surface area contributed by atoms with Gasteiger partial charge in [0.05, 0.1) is 11.1 Å². The van der Waals surface area contributed by atoms with E-state index in [2.05, 4.69) is 28.2 Å². The fourth-order valence-electron chi connectivity index (χ4n) is 4.09. The third-order valence-corrected chi connectivity index (χ3v) is 5.31. The van der Waals surface area contributed by atoms with E-state index in [1.165, 1.54) is 6.07 Å². The van der Waals surface area contributed by atoms with E-state index in [1.807, 2.05) is 24.3 Å². The zero-order valence-electron chi connectivity index (χ0n) is 16.2. The first-order chi connectivity index (χ1) is 14.0. The molecule has 0 unspecified atom stereocenters. The van der Waals surface area contributed by atoms with Gasteiger partial charge in [0.25, 0.3) is 5.91 Å². The van der Waals surface area contributed by atoms with E-state index in [9.17, 15) is 15.2 Å². The second kappa shape index (κ2) is 7.80. The molecule has 2 heterocycles. The van der Waals surface area contributed by atoms with Crippen LogP contribution in [0.4, 0.5) is 5.69 Å². The number of nitriles is 1. The summed E-state index contributed by atoms with van der Waals surface area (Å²) in [6, 6.07) is 16.2. The van der Waals surface area contributed by atoms with Crippen LogP contribution in [-0.4, -0.2) is 35.1 Å². The topological polar surface area (TPSA) is 89.2 Å². The number of aromatic nitrogens is 1. The van der Waals surface area contributed by atoms with Crippen molar-refractivity contribution in [3.8, 4) is 11.8 Å². The summed E-state index contributed by atoms with van der Waals surface area (Å²) in [6.07, 6.45) is 2.58. The zero-order valence-corrected chi connectivity index (χ0v) is 16.2. The molecule has 1 aromatic heterocycles. The van der Waals surface area contributed by atoms with Crippen molar-refractivity contribution in [2.75, 3.05) is 18.0 Å². The number of rotatable bonds is 3. The lowest BCUT2D eigenvalue weighted by atomic mass is 9.94. The fraction of sp³-hybridized carbons (Fsp3) is 0.261. The minimum absolute atomic E-state index is 0.0176. The molecule has 1 fully saturated rings. The molecule has 1 aliphatic rings. The van der Waals surface area contributed by atoms with Gasteiger partial charge in [-0.1, -0.05) is 13.0 Å². The molecule has 0 saturated carbocycles. The summed E-state index contributed by atoms with van der Waals surface area (Å²) in [5, 5.41) is 23.1. The lowest BCUT2D eigenvalue weighted by Crippen LogP contribution is -2.50. The normalized spacial score (nSPS) is 19.0. The number of amides is 1. The highest BCUT2D eigenvalue weighted by atomic mass is 16.3. The Morgan fingerprint density at radius 1 is 1.24 bits per heavy atom. The van der Waals surface area contributed by atoms with E-state index in [1.54, 1.807) is 24.4 Å². The predicted octanol–water partition coefficient (Wildman–Crippen LogP) is 3.46. The van der Waals surface area contributed by atoms with E-state index in [0.29, 0.717) is 29.1 Å². The lowest BCUT2D eigenvalue weighted by Gasteiger charge is -2.38. The number of nitrogens with zero attached hydrogens (tertiary/aromatic N) is 3. The zero-order chi connectivity index (χ0) is 20.4. The van der Waals surface area contributed by atoms with E-state index in [-0.39, 0.29) is 17.7 Å². The summed E-state index contributed by atoms with van der Waals surface area (Å²) >= 11 is 0. The number of anilines is 1. The van der Waals surface area contributed by atoms with Crippen molar-refractivity contribution in [2.24, 2.45) is 5.92 Å². The Morgan fingerprint density at radius 3 is 2.90 bits per heavy atom. The number of hydrogen-bond donors (Lipinski definition) is 2. The molecule has 0 aliphatic carbocycles. The molecule has 1 amide bonds. The molecule has 0 spiro atoms. The second-order valence-electron chi connectivity index (χ2n) is 7.61. The maximum Gasteiger partial charge on any atom is 0.251 e. The van der Waals surface area contributed by atoms with Crippen LogP contribution in [0.1, 0.15) is 29.3 Å². The highest BCUT2D eigenvalue weighted by Gasteiger charge is 2.27. The van der Waals surface area contributed by atoms with Gasteiger partial charge in [0.15, 0.2) is 0 Å². The molecular weight excluding hydrogens is 364 g/mol. The minimum Gasteiger partial charge on any atom is -0.508 e. The van der Waals surface area contributed by atoms with Gasteiger partial charge in [-0.2, -0.15) is 5.26 Å². The Hall–Kier alpha value is -3.59. The van der Waals surface area contributed by atoms with Gasteiger partial charge >= 0.3 is 0 Å². The van der Waals surface area contributed by atoms with Crippen molar-refractivity contribution in [3.63, 3.8) is 0 Å². The van der Waals surface area contributed by atoms with E-state index in [4.69, 9.17) is 0 Å². The van der Waals surface area contributed by atoms with Crippen LogP contribution >= 0.6 is 0 Å². The molecular formula is C23H22N4O2. The molecule has 0 bridgehead atoms. The van der Waals surface area contributed by atoms with Gasteiger partial charge in [-0.15, -0.1) is 0 Å². The molecule has 0 radical (unpaired) electrons. The fourth-order valence-corrected chi connectivity index (χ4v) is 4.09. The largest absolute Gasteiger partial charge is 0.508 e. The molecule has 2 N–H and O–H groups in total. The lowest BCUT2D eigenvalue weighted by molar-refractivity contribution is 0.0928. The average molecular weight is 386 g/mol. The summed E-state index contributed by atoms with van der Waals surface area (Å²) in [5.41, 5.74) is 2.73.